The highest BCUT2D eigenvalue weighted by Crippen LogP contribution is 2.43. The highest BCUT2D eigenvalue weighted by molar-refractivity contribution is 6.33. The van der Waals surface area contributed by atoms with Crippen LogP contribution < -0.4 is 15.2 Å². The second kappa shape index (κ2) is 4.39. The lowest BCUT2D eigenvalue weighted by Crippen LogP contribution is -2.25. The van der Waals surface area contributed by atoms with Crippen LogP contribution in [0, 0.1) is 6.92 Å². The van der Waals surface area contributed by atoms with Gasteiger partial charge in [-0.15, -0.1) is 0 Å². The molecule has 1 aromatic carbocycles. The highest BCUT2D eigenvalue weighted by Gasteiger charge is 2.38. The van der Waals surface area contributed by atoms with Gasteiger partial charge >= 0.3 is 0 Å². The maximum atomic E-state index is 6.29. The summed E-state index contributed by atoms with van der Waals surface area (Å²) in [5.74, 6) is 1.26. The summed E-state index contributed by atoms with van der Waals surface area (Å²) in [5, 5.41) is 0.617. The number of ether oxygens (including phenoxy) is 2. The maximum Gasteiger partial charge on any atom is 0.179 e. The van der Waals surface area contributed by atoms with Crippen LogP contribution in [0.2, 0.25) is 5.02 Å². The van der Waals surface area contributed by atoms with Gasteiger partial charge in [-0.3, -0.25) is 0 Å². The predicted octanol–water partition coefficient (Wildman–Crippen LogP) is 2.70. The molecule has 0 heterocycles. The van der Waals surface area contributed by atoms with Crippen molar-refractivity contribution in [3.05, 3.63) is 22.2 Å². The van der Waals surface area contributed by atoms with E-state index in [-0.39, 0.29) is 5.54 Å². The zero-order valence-electron chi connectivity index (χ0n) is 10.5. The summed E-state index contributed by atoms with van der Waals surface area (Å²) >= 11 is 6.29. The van der Waals surface area contributed by atoms with Crippen LogP contribution in [0.25, 0.3) is 0 Å². The minimum Gasteiger partial charge on any atom is -0.493 e. The Morgan fingerprint density at radius 1 is 1.35 bits per heavy atom. The van der Waals surface area contributed by atoms with Crippen molar-refractivity contribution in [1.82, 2.24) is 0 Å². The average molecular weight is 256 g/mol. The summed E-state index contributed by atoms with van der Waals surface area (Å²) in [5.41, 5.74) is 8.29. The molecular weight excluding hydrogens is 238 g/mol. The highest BCUT2D eigenvalue weighted by atomic mass is 35.5. The smallest absolute Gasteiger partial charge is 0.179 e. The summed E-state index contributed by atoms with van der Waals surface area (Å²) < 4.78 is 10.6. The number of hydrogen-bond donors (Lipinski definition) is 1. The van der Waals surface area contributed by atoms with Gasteiger partial charge in [0.2, 0.25) is 0 Å². The maximum absolute atomic E-state index is 6.29. The van der Waals surface area contributed by atoms with Gasteiger partial charge in [-0.25, -0.2) is 0 Å². The predicted molar refractivity (Wildman–Crippen MR) is 69.1 cm³/mol. The van der Waals surface area contributed by atoms with E-state index in [0.717, 1.165) is 30.4 Å². The minimum absolute atomic E-state index is 0.0340. The van der Waals surface area contributed by atoms with Gasteiger partial charge in [-0.1, -0.05) is 11.6 Å². The topological polar surface area (TPSA) is 44.5 Å². The number of nitrogens with two attached hydrogens (primary N) is 1. The normalized spacial score (nSPS) is 16.8. The SMILES string of the molecule is COc1cc(CC2(N)CC2)c(C)c(Cl)c1OC. The Hall–Kier alpha value is -0.930. The molecule has 1 saturated carbocycles. The lowest BCUT2D eigenvalue weighted by atomic mass is 9.99. The molecule has 0 atom stereocenters. The average Bonchev–Trinajstić information content (AvgIpc) is 3.02. The van der Waals surface area contributed by atoms with Crippen molar-refractivity contribution in [2.45, 2.75) is 31.7 Å². The fraction of sp³-hybridized carbons (Fsp3) is 0.538. The molecule has 0 amide bonds. The van der Waals surface area contributed by atoms with E-state index >= 15 is 0 Å². The fourth-order valence-corrected chi connectivity index (χ4v) is 2.29. The first-order valence-corrected chi connectivity index (χ1v) is 6.07. The van der Waals surface area contributed by atoms with Crippen molar-refractivity contribution in [2.75, 3.05) is 14.2 Å². The van der Waals surface area contributed by atoms with E-state index < -0.39 is 0 Å². The van der Waals surface area contributed by atoms with Crippen molar-refractivity contribution in [1.29, 1.82) is 0 Å². The molecule has 0 aliphatic heterocycles. The molecule has 0 spiro atoms. The standard InChI is InChI=1S/C13H18ClNO2/c1-8-9(7-13(15)4-5-13)6-10(16-2)12(17-3)11(8)14/h6H,4-5,7,15H2,1-3H3. The van der Waals surface area contributed by atoms with Crippen LogP contribution in [0.4, 0.5) is 0 Å². The molecule has 1 fully saturated rings. The van der Waals surface area contributed by atoms with Gasteiger partial charge in [0.05, 0.1) is 19.2 Å². The first-order chi connectivity index (χ1) is 8.00. The Kier molecular flexibility index (Phi) is 3.23. The molecule has 2 N–H and O–H groups in total. The first-order valence-electron chi connectivity index (χ1n) is 5.69. The van der Waals surface area contributed by atoms with Gasteiger partial charge in [-0.05, 0) is 43.4 Å². The Morgan fingerprint density at radius 2 is 2.00 bits per heavy atom. The second-order valence-electron chi connectivity index (χ2n) is 4.75. The molecule has 17 heavy (non-hydrogen) atoms. The van der Waals surface area contributed by atoms with Gasteiger partial charge in [0.25, 0.3) is 0 Å². The monoisotopic (exact) mass is 255 g/mol. The molecule has 3 nitrogen and oxygen atoms in total. The van der Waals surface area contributed by atoms with Crippen LogP contribution in [-0.2, 0) is 6.42 Å². The fourth-order valence-electron chi connectivity index (χ4n) is 1.99. The van der Waals surface area contributed by atoms with Gasteiger partial charge in [-0.2, -0.15) is 0 Å². The lowest BCUT2D eigenvalue weighted by molar-refractivity contribution is 0.354. The molecule has 2 rings (SSSR count). The number of benzene rings is 1. The van der Waals surface area contributed by atoms with E-state index in [4.69, 9.17) is 26.8 Å². The van der Waals surface area contributed by atoms with E-state index in [1.165, 1.54) is 0 Å². The summed E-state index contributed by atoms with van der Waals surface area (Å²) in [6.45, 7) is 1.99. The Bertz CT molecular complexity index is 442. The molecule has 4 heteroatoms. The van der Waals surface area contributed by atoms with Crippen molar-refractivity contribution >= 4 is 11.6 Å². The van der Waals surface area contributed by atoms with Crippen molar-refractivity contribution in [3.8, 4) is 11.5 Å². The van der Waals surface area contributed by atoms with Crippen molar-refractivity contribution < 1.29 is 9.47 Å². The summed E-state index contributed by atoms with van der Waals surface area (Å²) in [4.78, 5) is 0. The molecule has 1 aliphatic rings. The molecule has 0 unspecified atom stereocenters. The third-order valence-electron chi connectivity index (χ3n) is 3.40. The van der Waals surface area contributed by atoms with Crippen LogP contribution in [-0.4, -0.2) is 19.8 Å². The Labute approximate surface area is 107 Å². The number of hydrogen-bond acceptors (Lipinski definition) is 3. The first kappa shape index (κ1) is 12.5. The number of halogens is 1. The third-order valence-corrected chi connectivity index (χ3v) is 3.85. The second-order valence-corrected chi connectivity index (χ2v) is 5.13. The van der Waals surface area contributed by atoms with E-state index in [2.05, 4.69) is 0 Å². The quantitative estimate of drug-likeness (QED) is 0.900. The molecular formula is C13H18ClNO2. The summed E-state index contributed by atoms with van der Waals surface area (Å²) in [7, 11) is 3.21. The molecule has 1 aromatic rings. The van der Waals surface area contributed by atoms with Gasteiger partial charge in [0, 0.05) is 5.54 Å². The zero-order valence-corrected chi connectivity index (χ0v) is 11.2. The van der Waals surface area contributed by atoms with E-state index in [1.54, 1.807) is 14.2 Å². The number of methoxy groups -OCH3 is 2. The largest absolute Gasteiger partial charge is 0.493 e. The lowest BCUT2D eigenvalue weighted by Gasteiger charge is -2.17. The van der Waals surface area contributed by atoms with Gasteiger partial charge in [0.15, 0.2) is 11.5 Å². The summed E-state index contributed by atoms with van der Waals surface area (Å²) in [6, 6.07) is 1.98. The van der Waals surface area contributed by atoms with Crippen LogP contribution >= 0.6 is 11.6 Å². The van der Waals surface area contributed by atoms with Crippen LogP contribution in [0.5, 0.6) is 11.5 Å². The molecule has 0 saturated heterocycles. The summed E-state index contributed by atoms with van der Waals surface area (Å²) in [6.07, 6.45) is 3.01. The van der Waals surface area contributed by atoms with Crippen molar-refractivity contribution in [2.24, 2.45) is 5.73 Å². The van der Waals surface area contributed by atoms with Crippen molar-refractivity contribution in [3.63, 3.8) is 0 Å². The Morgan fingerprint density at radius 3 is 2.47 bits per heavy atom. The van der Waals surface area contributed by atoms with Gasteiger partial charge in [0.1, 0.15) is 0 Å². The van der Waals surface area contributed by atoms with Crippen LogP contribution in [0.15, 0.2) is 6.07 Å². The van der Waals surface area contributed by atoms with E-state index in [9.17, 15) is 0 Å². The van der Waals surface area contributed by atoms with Crippen LogP contribution in [0.3, 0.4) is 0 Å². The Balaban J connectivity index is 2.42. The third kappa shape index (κ3) is 2.35. The van der Waals surface area contributed by atoms with Crippen LogP contribution in [0.1, 0.15) is 24.0 Å². The van der Waals surface area contributed by atoms with E-state index in [1.807, 2.05) is 13.0 Å². The molecule has 0 bridgehead atoms. The molecule has 0 aromatic heterocycles. The zero-order chi connectivity index (χ0) is 12.6. The van der Waals surface area contributed by atoms with E-state index in [0.29, 0.717) is 16.5 Å². The number of rotatable bonds is 4. The van der Waals surface area contributed by atoms with Gasteiger partial charge < -0.3 is 15.2 Å². The molecule has 94 valence electrons. The molecule has 1 aliphatic carbocycles. The minimum atomic E-state index is -0.0340. The molecule has 0 radical (unpaired) electrons.